The van der Waals surface area contributed by atoms with Gasteiger partial charge in [0, 0.05) is 20.2 Å². The Bertz CT molecular complexity index is 572. The smallest absolute Gasteiger partial charge is 0.214 e. The Hall–Kier alpha value is -0.950. The van der Waals surface area contributed by atoms with Crippen molar-refractivity contribution in [2.45, 2.75) is 25.9 Å². The molecule has 20 heavy (non-hydrogen) atoms. The van der Waals surface area contributed by atoms with Gasteiger partial charge in [0.1, 0.15) is 0 Å². The van der Waals surface area contributed by atoms with Gasteiger partial charge in [-0.1, -0.05) is 18.2 Å². The Labute approximate surface area is 120 Å². The minimum atomic E-state index is -3.13. The summed E-state index contributed by atoms with van der Waals surface area (Å²) in [5.74, 6) is 0.144. The van der Waals surface area contributed by atoms with Crippen LogP contribution in [-0.4, -0.2) is 38.7 Å². The maximum absolute atomic E-state index is 12.0. The van der Waals surface area contributed by atoms with Gasteiger partial charge in [-0.25, -0.2) is 8.42 Å². The molecule has 1 aliphatic rings. The molecule has 0 fully saturated rings. The van der Waals surface area contributed by atoms with E-state index in [0.29, 0.717) is 19.7 Å². The fourth-order valence-electron chi connectivity index (χ4n) is 2.48. The molecule has 0 radical (unpaired) electrons. The van der Waals surface area contributed by atoms with Crippen molar-refractivity contribution < 1.29 is 13.2 Å². The first-order chi connectivity index (χ1) is 9.47. The molecule has 0 aromatic heterocycles. The molecular formula is C14H22N2O3S. The van der Waals surface area contributed by atoms with Crippen LogP contribution in [0.1, 0.15) is 29.7 Å². The normalized spacial score (nSPS) is 17.8. The summed E-state index contributed by atoms with van der Waals surface area (Å²) in [7, 11) is -1.51. The summed E-state index contributed by atoms with van der Waals surface area (Å²) in [5.41, 5.74) is 9.28. The summed E-state index contributed by atoms with van der Waals surface area (Å²) in [6.45, 7) is 3.14. The van der Waals surface area contributed by atoms with Crippen LogP contribution in [0.5, 0.6) is 0 Å². The van der Waals surface area contributed by atoms with Crippen LogP contribution in [0.2, 0.25) is 0 Å². The zero-order valence-electron chi connectivity index (χ0n) is 12.0. The first-order valence-electron chi connectivity index (χ1n) is 6.82. The lowest BCUT2D eigenvalue weighted by Gasteiger charge is -2.28. The lowest BCUT2D eigenvalue weighted by molar-refractivity contribution is 0.181. The van der Waals surface area contributed by atoms with Gasteiger partial charge in [0.15, 0.2) is 0 Å². The number of sulfonamides is 1. The standard InChI is InChI=1S/C14H22N2O3S/c1-3-20(17,18)16-7-6-11-4-5-12(8-13(11)9-16)14(15)10-19-2/h4-5,8,14H,3,6-7,9-10,15H2,1-2H3. The van der Waals surface area contributed by atoms with E-state index in [9.17, 15) is 8.42 Å². The molecule has 2 N–H and O–H groups in total. The predicted octanol–water partition coefficient (Wildman–Crippen LogP) is 1.04. The fraction of sp³-hybridized carbons (Fsp3) is 0.571. The molecule has 0 aliphatic carbocycles. The molecule has 1 aromatic rings. The summed E-state index contributed by atoms with van der Waals surface area (Å²) in [4.78, 5) is 0. The fourth-order valence-corrected chi connectivity index (χ4v) is 3.55. The number of rotatable bonds is 5. The average molecular weight is 298 g/mol. The van der Waals surface area contributed by atoms with E-state index >= 15 is 0 Å². The number of hydrogen-bond donors (Lipinski definition) is 1. The van der Waals surface area contributed by atoms with Gasteiger partial charge in [-0.05, 0) is 30.0 Å². The molecule has 0 bridgehead atoms. The van der Waals surface area contributed by atoms with Crippen molar-refractivity contribution in [3.05, 3.63) is 34.9 Å². The third kappa shape index (κ3) is 3.20. The van der Waals surface area contributed by atoms with E-state index in [-0.39, 0.29) is 11.8 Å². The van der Waals surface area contributed by atoms with Crippen LogP contribution in [0.4, 0.5) is 0 Å². The second kappa shape index (κ2) is 6.22. The average Bonchev–Trinajstić information content (AvgIpc) is 2.46. The Morgan fingerprint density at radius 2 is 2.15 bits per heavy atom. The highest BCUT2D eigenvalue weighted by Crippen LogP contribution is 2.24. The molecule has 1 aromatic carbocycles. The molecule has 1 atom stereocenters. The Kier molecular flexibility index (Phi) is 4.80. The predicted molar refractivity (Wildman–Crippen MR) is 78.8 cm³/mol. The molecule has 5 nitrogen and oxygen atoms in total. The van der Waals surface area contributed by atoms with Crippen LogP contribution >= 0.6 is 0 Å². The molecule has 1 aliphatic heterocycles. The van der Waals surface area contributed by atoms with Gasteiger partial charge in [0.2, 0.25) is 10.0 Å². The maximum Gasteiger partial charge on any atom is 0.214 e. The summed E-state index contributed by atoms with van der Waals surface area (Å²) < 4.78 is 30.6. The number of nitrogens with zero attached hydrogens (tertiary/aromatic N) is 1. The topological polar surface area (TPSA) is 72.6 Å². The van der Waals surface area contributed by atoms with E-state index in [2.05, 4.69) is 6.07 Å². The van der Waals surface area contributed by atoms with Crippen molar-refractivity contribution in [1.82, 2.24) is 4.31 Å². The Balaban J connectivity index is 2.24. The van der Waals surface area contributed by atoms with Crippen LogP contribution in [-0.2, 0) is 27.7 Å². The summed E-state index contributed by atoms with van der Waals surface area (Å²) in [6, 6.07) is 5.89. The first kappa shape index (κ1) is 15.4. The van der Waals surface area contributed by atoms with E-state index in [4.69, 9.17) is 10.5 Å². The molecule has 1 heterocycles. The number of hydrogen-bond acceptors (Lipinski definition) is 4. The van der Waals surface area contributed by atoms with Gasteiger partial charge in [-0.2, -0.15) is 4.31 Å². The van der Waals surface area contributed by atoms with Gasteiger partial charge in [0.25, 0.3) is 0 Å². The summed E-state index contributed by atoms with van der Waals surface area (Å²) in [6.07, 6.45) is 0.758. The number of fused-ring (bicyclic) bond motifs is 1. The highest BCUT2D eigenvalue weighted by molar-refractivity contribution is 7.89. The minimum absolute atomic E-state index is 0.144. The van der Waals surface area contributed by atoms with E-state index in [1.807, 2.05) is 12.1 Å². The maximum atomic E-state index is 12.0. The second-order valence-electron chi connectivity index (χ2n) is 5.07. The molecule has 1 unspecified atom stereocenters. The second-order valence-corrected chi connectivity index (χ2v) is 7.33. The Morgan fingerprint density at radius 1 is 1.40 bits per heavy atom. The quantitative estimate of drug-likeness (QED) is 0.881. The van der Waals surface area contributed by atoms with Crippen LogP contribution in [0.3, 0.4) is 0 Å². The number of benzene rings is 1. The zero-order valence-corrected chi connectivity index (χ0v) is 12.8. The Morgan fingerprint density at radius 3 is 2.80 bits per heavy atom. The van der Waals surface area contributed by atoms with E-state index in [1.54, 1.807) is 18.3 Å². The molecule has 2 rings (SSSR count). The van der Waals surface area contributed by atoms with Crippen molar-refractivity contribution in [2.24, 2.45) is 5.73 Å². The largest absolute Gasteiger partial charge is 0.383 e. The van der Waals surface area contributed by atoms with Crippen molar-refractivity contribution in [1.29, 1.82) is 0 Å². The van der Waals surface area contributed by atoms with E-state index in [0.717, 1.165) is 17.5 Å². The lowest BCUT2D eigenvalue weighted by Crippen LogP contribution is -2.37. The summed E-state index contributed by atoms with van der Waals surface area (Å²) >= 11 is 0. The number of nitrogens with two attached hydrogens (primary N) is 1. The molecule has 0 amide bonds. The van der Waals surface area contributed by atoms with Crippen LogP contribution in [0.15, 0.2) is 18.2 Å². The van der Waals surface area contributed by atoms with Crippen molar-refractivity contribution in [3.8, 4) is 0 Å². The van der Waals surface area contributed by atoms with Gasteiger partial charge in [-0.3, -0.25) is 0 Å². The van der Waals surface area contributed by atoms with Gasteiger partial charge >= 0.3 is 0 Å². The van der Waals surface area contributed by atoms with E-state index in [1.165, 1.54) is 5.56 Å². The van der Waals surface area contributed by atoms with Crippen molar-refractivity contribution >= 4 is 10.0 Å². The van der Waals surface area contributed by atoms with Crippen LogP contribution in [0.25, 0.3) is 0 Å². The van der Waals surface area contributed by atoms with E-state index < -0.39 is 10.0 Å². The third-order valence-corrected chi connectivity index (χ3v) is 5.57. The monoisotopic (exact) mass is 298 g/mol. The third-order valence-electron chi connectivity index (χ3n) is 3.74. The molecule has 6 heteroatoms. The SMILES string of the molecule is CCS(=O)(=O)N1CCc2ccc(C(N)COC)cc2C1. The zero-order chi connectivity index (χ0) is 14.8. The molecule has 0 spiro atoms. The highest BCUT2D eigenvalue weighted by atomic mass is 32.2. The molecule has 112 valence electrons. The molecule has 0 saturated heterocycles. The summed E-state index contributed by atoms with van der Waals surface area (Å²) in [5, 5.41) is 0. The van der Waals surface area contributed by atoms with Gasteiger partial charge in [0.05, 0.1) is 18.4 Å². The van der Waals surface area contributed by atoms with Crippen molar-refractivity contribution in [3.63, 3.8) is 0 Å². The minimum Gasteiger partial charge on any atom is -0.383 e. The van der Waals surface area contributed by atoms with Crippen LogP contribution < -0.4 is 5.73 Å². The molecule has 0 saturated carbocycles. The van der Waals surface area contributed by atoms with Crippen LogP contribution in [0, 0.1) is 0 Å². The van der Waals surface area contributed by atoms with Gasteiger partial charge in [-0.15, -0.1) is 0 Å². The van der Waals surface area contributed by atoms with Gasteiger partial charge < -0.3 is 10.5 Å². The number of ether oxygens (including phenoxy) is 1. The number of methoxy groups -OCH3 is 1. The lowest BCUT2D eigenvalue weighted by atomic mass is 9.96. The highest BCUT2D eigenvalue weighted by Gasteiger charge is 2.25. The molecular weight excluding hydrogens is 276 g/mol. The first-order valence-corrected chi connectivity index (χ1v) is 8.43. The van der Waals surface area contributed by atoms with Crippen molar-refractivity contribution in [2.75, 3.05) is 26.0 Å².